The van der Waals surface area contributed by atoms with Gasteiger partial charge in [-0.05, 0) is 49.7 Å². The summed E-state index contributed by atoms with van der Waals surface area (Å²) in [6.07, 6.45) is 2.37. The molecule has 0 bridgehead atoms. The Balaban J connectivity index is 1.61. The van der Waals surface area contributed by atoms with E-state index in [1.807, 2.05) is 42.7 Å². The molecular weight excluding hydrogens is 356 g/mol. The van der Waals surface area contributed by atoms with Gasteiger partial charge in [-0.2, -0.15) is 4.98 Å². The molecule has 0 N–H and O–H groups in total. The quantitative estimate of drug-likeness (QED) is 0.499. The first-order valence-corrected chi connectivity index (χ1v) is 9.09. The fraction of sp³-hybridized carbons (Fsp3) is 0.286. The number of fused-ring (bicyclic) bond motifs is 1. The molecule has 0 aliphatic rings. The normalized spacial score (nSPS) is 11.3. The van der Waals surface area contributed by atoms with E-state index in [-0.39, 0.29) is 0 Å². The molecule has 0 saturated heterocycles. The van der Waals surface area contributed by atoms with E-state index in [2.05, 4.69) is 33.5 Å². The topological polar surface area (TPSA) is 75.2 Å². The lowest BCUT2D eigenvalue weighted by Gasteiger charge is -2.08. The average molecular weight is 378 g/mol. The maximum absolute atomic E-state index is 5.47. The van der Waals surface area contributed by atoms with Crippen LogP contribution in [-0.2, 0) is 6.42 Å². The van der Waals surface area contributed by atoms with Crippen molar-refractivity contribution >= 4 is 11.0 Å². The number of aromatic nitrogens is 4. The summed E-state index contributed by atoms with van der Waals surface area (Å²) in [7, 11) is 3.23. The average Bonchev–Trinajstić information content (AvgIpc) is 3.34. The Kier molecular flexibility index (Phi) is 4.73. The predicted octanol–water partition coefficient (Wildman–Crippen LogP) is 4.28. The van der Waals surface area contributed by atoms with E-state index in [4.69, 9.17) is 14.0 Å². The summed E-state index contributed by atoms with van der Waals surface area (Å²) in [6, 6.07) is 12.1. The van der Waals surface area contributed by atoms with Gasteiger partial charge >= 0.3 is 0 Å². The second-order valence-corrected chi connectivity index (χ2v) is 6.83. The Morgan fingerprint density at radius 2 is 1.86 bits per heavy atom. The zero-order valence-corrected chi connectivity index (χ0v) is 16.3. The zero-order chi connectivity index (χ0) is 19.7. The summed E-state index contributed by atoms with van der Waals surface area (Å²) in [5.41, 5.74) is 3.91. The molecule has 0 aliphatic carbocycles. The number of hydrogen-bond acceptors (Lipinski definition) is 6. The molecule has 2 aromatic carbocycles. The van der Waals surface area contributed by atoms with Crippen molar-refractivity contribution in [3.05, 3.63) is 54.2 Å². The molecule has 7 nitrogen and oxygen atoms in total. The van der Waals surface area contributed by atoms with Crippen molar-refractivity contribution in [3.63, 3.8) is 0 Å². The minimum Gasteiger partial charge on any atom is -0.493 e. The molecule has 28 heavy (non-hydrogen) atoms. The highest BCUT2D eigenvalue weighted by atomic mass is 16.5. The summed E-state index contributed by atoms with van der Waals surface area (Å²) in [6.45, 7) is 4.26. The number of benzene rings is 2. The van der Waals surface area contributed by atoms with Crippen LogP contribution >= 0.6 is 0 Å². The highest BCUT2D eigenvalue weighted by Crippen LogP contribution is 2.29. The Morgan fingerprint density at radius 3 is 2.61 bits per heavy atom. The molecule has 0 radical (unpaired) electrons. The Morgan fingerprint density at radius 1 is 1.04 bits per heavy atom. The molecule has 0 fully saturated rings. The lowest BCUT2D eigenvalue weighted by Crippen LogP contribution is -1.98. The van der Waals surface area contributed by atoms with Gasteiger partial charge in [0, 0.05) is 11.6 Å². The van der Waals surface area contributed by atoms with Crippen LogP contribution in [0, 0.1) is 0 Å². The van der Waals surface area contributed by atoms with E-state index >= 15 is 0 Å². The summed E-state index contributed by atoms with van der Waals surface area (Å²) in [4.78, 5) is 9.00. The highest BCUT2D eigenvalue weighted by molar-refractivity contribution is 5.80. The van der Waals surface area contributed by atoms with Crippen LogP contribution in [0.4, 0.5) is 0 Å². The first kappa shape index (κ1) is 18.0. The van der Waals surface area contributed by atoms with Gasteiger partial charge in [0.15, 0.2) is 11.5 Å². The molecular formula is C21H22N4O3. The number of hydrogen-bond donors (Lipinski definition) is 0. The molecule has 144 valence electrons. The maximum Gasteiger partial charge on any atom is 0.231 e. The van der Waals surface area contributed by atoms with Crippen molar-refractivity contribution in [2.24, 2.45) is 0 Å². The molecule has 4 rings (SSSR count). The van der Waals surface area contributed by atoms with Crippen LogP contribution in [0.2, 0.25) is 0 Å². The Bertz CT molecular complexity index is 1110. The molecule has 2 heterocycles. The van der Waals surface area contributed by atoms with Crippen LogP contribution in [-0.4, -0.2) is 33.9 Å². The van der Waals surface area contributed by atoms with E-state index < -0.39 is 0 Å². The van der Waals surface area contributed by atoms with Gasteiger partial charge in [-0.15, -0.1) is 0 Å². The van der Waals surface area contributed by atoms with Crippen molar-refractivity contribution in [2.45, 2.75) is 26.3 Å². The Hall–Kier alpha value is -3.35. The number of ether oxygens (including phenoxy) is 2. The van der Waals surface area contributed by atoms with Crippen molar-refractivity contribution < 1.29 is 14.0 Å². The van der Waals surface area contributed by atoms with Crippen LogP contribution in [0.5, 0.6) is 11.5 Å². The van der Waals surface area contributed by atoms with Crippen LogP contribution in [0.15, 0.2) is 47.2 Å². The number of rotatable bonds is 6. The van der Waals surface area contributed by atoms with Crippen LogP contribution in [0.25, 0.3) is 22.4 Å². The third-order valence-electron chi connectivity index (χ3n) is 4.66. The van der Waals surface area contributed by atoms with E-state index in [0.717, 1.165) is 22.2 Å². The van der Waals surface area contributed by atoms with Crippen molar-refractivity contribution in [2.75, 3.05) is 14.2 Å². The van der Waals surface area contributed by atoms with Gasteiger partial charge < -0.3 is 18.6 Å². The fourth-order valence-corrected chi connectivity index (χ4v) is 3.19. The van der Waals surface area contributed by atoms with Crippen molar-refractivity contribution in [1.82, 2.24) is 19.7 Å². The first-order chi connectivity index (χ1) is 13.6. The van der Waals surface area contributed by atoms with Gasteiger partial charge in [0.05, 0.1) is 38.0 Å². The van der Waals surface area contributed by atoms with E-state index in [1.165, 1.54) is 0 Å². The van der Waals surface area contributed by atoms with E-state index in [9.17, 15) is 0 Å². The van der Waals surface area contributed by atoms with Gasteiger partial charge in [-0.3, -0.25) is 0 Å². The molecule has 0 amide bonds. The molecule has 0 aliphatic heterocycles. The minimum absolute atomic E-state index is 0.325. The first-order valence-electron chi connectivity index (χ1n) is 9.09. The molecule has 7 heteroatoms. The van der Waals surface area contributed by atoms with Crippen LogP contribution in [0.1, 0.15) is 31.3 Å². The smallest absolute Gasteiger partial charge is 0.231 e. The third kappa shape index (κ3) is 3.31. The molecule has 0 saturated carbocycles. The van der Waals surface area contributed by atoms with Crippen LogP contribution in [0.3, 0.4) is 0 Å². The van der Waals surface area contributed by atoms with Gasteiger partial charge in [0.2, 0.25) is 11.7 Å². The van der Waals surface area contributed by atoms with Gasteiger partial charge in [0.25, 0.3) is 0 Å². The molecule has 4 aromatic rings. The maximum atomic E-state index is 5.47. The molecule has 0 unspecified atom stereocenters. The van der Waals surface area contributed by atoms with Crippen molar-refractivity contribution in [1.29, 1.82) is 0 Å². The zero-order valence-electron chi connectivity index (χ0n) is 16.3. The molecule has 0 atom stereocenters. The second kappa shape index (κ2) is 7.34. The highest BCUT2D eigenvalue weighted by Gasteiger charge is 2.13. The summed E-state index contributed by atoms with van der Waals surface area (Å²) < 4.78 is 18.2. The molecule has 0 spiro atoms. The lowest BCUT2D eigenvalue weighted by molar-refractivity contribution is 0.354. The third-order valence-corrected chi connectivity index (χ3v) is 4.66. The van der Waals surface area contributed by atoms with Crippen LogP contribution < -0.4 is 9.47 Å². The number of nitrogens with zero attached hydrogens (tertiary/aromatic N) is 4. The standard InChI is InChI=1S/C21H22N4O3/c1-13(2)25-12-22-16-7-6-15(11-17(16)25)21-23-20(28-24-21)10-14-5-8-18(26-3)19(9-14)27-4/h5-9,11-13H,10H2,1-4H3. The SMILES string of the molecule is COc1ccc(Cc2nc(-c3ccc4ncn(C(C)C)c4c3)no2)cc1OC. The minimum atomic E-state index is 0.325. The lowest BCUT2D eigenvalue weighted by atomic mass is 10.1. The largest absolute Gasteiger partial charge is 0.493 e. The van der Waals surface area contributed by atoms with Gasteiger partial charge in [-0.1, -0.05) is 11.2 Å². The van der Waals surface area contributed by atoms with Crippen molar-refractivity contribution in [3.8, 4) is 22.9 Å². The van der Waals surface area contributed by atoms with E-state index in [0.29, 0.717) is 35.7 Å². The van der Waals surface area contributed by atoms with E-state index in [1.54, 1.807) is 14.2 Å². The fourth-order valence-electron chi connectivity index (χ4n) is 3.19. The number of methoxy groups -OCH3 is 2. The summed E-state index contributed by atoms with van der Waals surface area (Å²) in [5.74, 6) is 2.47. The van der Waals surface area contributed by atoms with Gasteiger partial charge in [0.1, 0.15) is 0 Å². The van der Waals surface area contributed by atoms with Gasteiger partial charge in [-0.25, -0.2) is 4.98 Å². The summed E-state index contributed by atoms with van der Waals surface area (Å²) in [5, 5.41) is 4.15. The second-order valence-electron chi connectivity index (χ2n) is 6.83. The predicted molar refractivity (Wildman–Crippen MR) is 106 cm³/mol. The summed E-state index contributed by atoms with van der Waals surface area (Å²) >= 11 is 0. The number of imidazole rings is 1. The molecule has 2 aromatic heterocycles. The monoisotopic (exact) mass is 378 g/mol. The Labute approximate surface area is 162 Å².